The van der Waals surface area contributed by atoms with Crippen LogP contribution in [0.3, 0.4) is 0 Å². The fraction of sp³-hybridized carbons (Fsp3) is 0.611. The number of hydrogen-bond donors (Lipinski definition) is 2. The molecule has 0 atom stereocenters. The van der Waals surface area contributed by atoms with E-state index in [4.69, 9.17) is 0 Å². The maximum atomic E-state index is 14.0. The smallest absolute Gasteiger partial charge is 0.191 e. The molecule has 0 bridgehead atoms. The molecule has 0 saturated carbocycles. The second kappa shape index (κ2) is 11.5. The molecule has 7 heteroatoms. The van der Waals surface area contributed by atoms with Gasteiger partial charge >= 0.3 is 0 Å². The molecule has 0 unspecified atom stereocenters. The molecule has 1 aromatic carbocycles. The molecule has 25 heavy (non-hydrogen) atoms. The lowest BCUT2D eigenvalue weighted by atomic mass is 10.1. The number of anilines is 1. The summed E-state index contributed by atoms with van der Waals surface area (Å²) in [5.41, 5.74) is 1.50. The monoisotopic (exact) mass is 463 g/mol. The molecule has 1 saturated heterocycles. The first kappa shape index (κ1) is 22.0. The summed E-state index contributed by atoms with van der Waals surface area (Å²) in [6.45, 7) is 4.85. The lowest BCUT2D eigenvalue weighted by Crippen LogP contribution is -2.42. The van der Waals surface area contributed by atoms with Gasteiger partial charge in [0.15, 0.2) is 5.96 Å². The fourth-order valence-corrected chi connectivity index (χ4v) is 2.94. The summed E-state index contributed by atoms with van der Waals surface area (Å²) >= 11 is 0. The minimum absolute atomic E-state index is 0. The molecule has 2 rings (SSSR count). The number of benzene rings is 1. The maximum absolute atomic E-state index is 14.0. The summed E-state index contributed by atoms with van der Waals surface area (Å²) in [5.74, 6) is 0.552. The molecule has 0 amide bonds. The third-order valence-electron chi connectivity index (χ3n) is 4.35. The van der Waals surface area contributed by atoms with Crippen LogP contribution in [0.5, 0.6) is 0 Å². The number of piperidine rings is 1. The van der Waals surface area contributed by atoms with Crippen molar-refractivity contribution in [3.63, 3.8) is 0 Å². The molecule has 0 aromatic heterocycles. The van der Waals surface area contributed by atoms with Gasteiger partial charge in [-0.25, -0.2) is 4.39 Å². The summed E-state index contributed by atoms with van der Waals surface area (Å²) in [6.07, 6.45) is 3.97. The highest BCUT2D eigenvalue weighted by Crippen LogP contribution is 2.18. The highest BCUT2D eigenvalue weighted by Gasteiger charge is 2.09. The van der Waals surface area contributed by atoms with Gasteiger partial charge in [-0.15, -0.1) is 24.0 Å². The van der Waals surface area contributed by atoms with Gasteiger partial charge in [0.1, 0.15) is 5.82 Å². The number of hydrogen-bond acceptors (Lipinski definition) is 3. The number of likely N-dealkylation sites (tertiary alicyclic amines) is 1. The Bertz CT molecular complexity index is 544. The van der Waals surface area contributed by atoms with Crippen LogP contribution in [0.15, 0.2) is 23.2 Å². The molecule has 1 aromatic rings. The minimum atomic E-state index is -0.202. The Balaban J connectivity index is 0.00000312. The van der Waals surface area contributed by atoms with Gasteiger partial charge in [-0.1, -0.05) is 12.5 Å². The first-order valence-corrected chi connectivity index (χ1v) is 8.73. The lowest BCUT2D eigenvalue weighted by molar-refractivity contribution is 0.232. The van der Waals surface area contributed by atoms with E-state index < -0.39 is 0 Å². The van der Waals surface area contributed by atoms with E-state index in [0.717, 1.165) is 24.6 Å². The van der Waals surface area contributed by atoms with Gasteiger partial charge in [0.05, 0.1) is 5.69 Å². The average molecular weight is 463 g/mol. The molecule has 0 radical (unpaired) electrons. The molecule has 142 valence electrons. The third-order valence-corrected chi connectivity index (χ3v) is 4.35. The zero-order valence-electron chi connectivity index (χ0n) is 15.5. The quantitative estimate of drug-likeness (QED) is 0.387. The zero-order chi connectivity index (χ0) is 17.4. The van der Waals surface area contributed by atoms with Crippen molar-refractivity contribution in [2.75, 3.05) is 52.2 Å². The lowest BCUT2D eigenvalue weighted by Gasteiger charge is -2.26. The van der Waals surface area contributed by atoms with Crippen LogP contribution < -0.4 is 15.5 Å². The van der Waals surface area contributed by atoms with Gasteiger partial charge in [-0.2, -0.15) is 0 Å². The van der Waals surface area contributed by atoms with Crippen LogP contribution in [0.4, 0.5) is 10.1 Å². The van der Waals surface area contributed by atoms with Gasteiger partial charge in [-0.05, 0) is 43.6 Å². The Morgan fingerprint density at radius 2 is 1.92 bits per heavy atom. The van der Waals surface area contributed by atoms with Crippen LogP contribution >= 0.6 is 24.0 Å². The Hall–Kier alpha value is -1.09. The highest BCUT2D eigenvalue weighted by molar-refractivity contribution is 14.0. The number of guanidine groups is 1. The van der Waals surface area contributed by atoms with Gasteiger partial charge in [0.2, 0.25) is 0 Å². The minimum Gasteiger partial charge on any atom is -0.375 e. The van der Waals surface area contributed by atoms with Crippen molar-refractivity contribution in [3.05, 3.63) is 29.6 Å². The predicted octanol–water partition coefficient (Wildman–Crippen LogP) is 2.66. The van der Waals surface area contributed by atoms with E-state index in [1.807, 2.05) is 20.2 Å². The van der Waals surface area contributed by atoms with Crippen LogP contribution in [-0.2, 0) is 6.54 Å². The number of aliphatic imine (C=N–C) groups is 1. The molecule has 1 aliphatic rings. The SMILES string of the molecule is CN=C(NCCN1CCCCC1)NCc1ccc(N(C)C)c(F)c1.I. The number of rotatable bonds is 6. The zero-order valence-corrected chi connectivity index (χ0v) is 17.8. The van der Waals surface area contributed by atoms with Crippen molar-refractivity contribution in [2.24, 2.45) is 4.99 Å². The largest absolute Gasteiger partial charge is 0.375 e. The summed E-state index contributed by atoms with van der Waals surface area (Å²) in [6, 6.07) is 5.31. The van der Waals surface area contributed by atoms with Gasteiger partial charge in [0, 0.05) is 40.8 Å². The summed E-state index contributed by atoms with van der Waals surface area (Å²) < 4.78 is 14.0. The second-order valence-electron chi connectivity index (χ2n) is 6.44. The van der Waals surface area contributed by atoms with Crippen LogP contribution in [0.25, 0.3) is 0 Å². The predicted molar refractivity (Wildman–Crippen MR) is 115 cm³/mol. The van der Waals surface area contributed by atoms with E-state index in [1.54, 1.807) is 24.1 Å². The molecule has 2 N–H and O–H groups in total. The van der Waals surface area contributed by atoms with Gasteiger partial charge in [-0.3, -0.25) is 4.99 Å². The van der Waals surface area contributed by atoms with Crippen LogP contribution in [0.1, 0.15) is 24.8 Å². The Labute approximate surface area is 168 Å². The van der Waals surface area contributed by atoms with Crippen LogP contribution in [0.2, 0.25) is 0 Å². The second-order valence-corrected chi connectivity index (χ2v) is 6.44. The summed E-state index contributed by atoms with van der Waals surface area (Å²) in [7, 11) is 5.43. The molecule has 0 aliphatic carbocycles. The van der Waals surface area contributed by atoms with E-state index in [-0.39, 0.29) is 29.8 Å². The fourth-order valence-electron chi connectivity index (χ4n) is 2.94. The average Bonchev–Trinajstić information content (AvgIpc) is 2.58. The van der Waals surface area contributed by atoms with Crippen LogP contribution in [-0.4, -0.2) is 58.2 Å². The first-order chi connectivity index (χ1) is 11.6. The summed E-state index contributed by atoms with van der Waals surface area (Å²) in [4.78, 5) is 8.48. The number of halogens is 2. The Kier molecular flexibility index (Phi) is 10.1. The normalized spacial score (nSPS) is 15.4. The van der Waals surface area contributed by atoms with Crippen molar-refractivity contribution in [3.8, 4) is 0 Å². The van der Waals surface area contributed by atoms with Crippen molar-refractivity contribution >= 4 is 35.6 Å². The molecule has 0 spiro atoms. The van der Waals surface area contributed by atoms with Gasteiger partial charge < -0.3 is 20.4 Å². The Morgan fingerprint density at radius 3 is 2.52 bits per heavy atom. The number of nitrogens with one attached hydrogen (secondary N) is 2. The molecular weight excluding hydrogens is 432 g/mol. The standard InChI is InChI=1S/C18H30FN5.HI/c1-20-18(21-9-12-24-10-5-4-6-11-24)22-14-15-7-8-17(23(2)3)16(19)13-15;/h7-8,13H,4-6,9-12,14H2,1-3H3,(H2,20,21,22);1H. The van der Waals surface area contributed by atoms with E-state index in [1.165, 1.54) is 32.4 Å². The maximum Gasteiger partial charge on any atom is 0.191 e. The van der Waals surface area contributed by atoms with E-state index >= 15 is 0 Å². The molecule has 1 aliphatic heterocycles. The summed E-state index contributed by atoms with van der Waals surface area (Å²) in [5, 5.41) is 6.57. The first-order valence-electron chi connectivity index (χ1n) is 8.73. The van der Waals surface area contributed by atoms with Crippen molar-refractivity contribution in [1.29, 1.82) is 0 Å². The van der Waals surface area contributed by atoms with Crippen molar-refractivity contribution < 1.29 is 4.39 Å². The van der Waals surface area contributed by atoms with Gasteiger partial charge in [0.25, 0.3) is 0 Å². The number of nitrogens with zero attached hydrogens (tertiary/aromatic N) is 3. The Morgan fingerprint density at radius 1 is 1.20 bits per heavy atom. The molecular formula is C18H31FIN5. The molecule has 1 heterocycles. The van der Waals surface area contributed by atoms with Crippen molar-refractivity contribution in [1.82, 2.24) is 15.5 Å². The van der Waals surface area contributed by atoms with Crippen LogP contribution in [0, 0.1) is 5.82 Å². The topological polar surface area (TPSA) is 42.9 Å². The van der Waals surface area contributed by atoms with E-state index in [0.29, 0.717) is 12.2 Å². The molecule has 1 fully saturated rings. The van der Waals surface area contributed by atoms with E-state index in [2.05, 4.69) is 20.5 Å². The third kappa shape index (κ3) is 7.35. The highest BCUT2D eigenvalue weighted by atomic mass is 127. The molecule has 5 nitrogen and oxygen atoms in total. The van der Waals surface area contributed by atoms with Crippen molar-refractivity contribution in [2.45, 2.75) is 25.8 Å². The van der Waals surface area contributed by atoms with E-state index in [9.17, 15) is 4.39 Å².